The maximum Gasteiger partial charge on any atom is 0.254 e. The van der Waals surface area contributed by atoms with Gasteiger partial charge in [0.25, 0.3) is 5.89 Å². The van der Waals surface area contributed by atoms with E-state index in [1.165, 1.54) is 5.56 Å². The second-order valence-electron chi connectivity index (χ2n) is 5.06. The number of hydrogen-bond acceptors (Lipinski definition) is 5. The predicted octanol–water partition coefficient (Wildman–Crippen LogP) is 4.02. The number of hydrogen-bond donors (Lipinski definition) is 0. The highest BCUT2D eigenvalue weighted by atomic mass is 16.5. The lowest BCUT2D eigenvalue weighted by Crippen LogP contribution is -1.96. The zero-order chi connectivity index (χ0) is 16.1. The molecule has 0 aliphatic carbocycles. The van der Waals surface area contributed by atoms with Crippen LogP contribution >= 0.6 is 0 Å². The first kappa shape index (κ1) is 15.1. The lowest BCUT2D eigenvalue weighted by atomic mass is 10.1. The van der Waals surface area contributed by atoms with Gasteiger partial charge in [-0.15, -0.1) is 10.2 Å². The topological polar surface area (TPSA) is 57.4 Å². The normalized spacial score (nSPS) is 10.5. The quantitative estimate of drug-likeness (QED) is 0.688. The summed E-state index contributed by atoms with van der Waals surface area (Å²) in [5, 5.41) is 8.06. The fourth-order valence-electron chi connectivity index (χ4n) is 2.07. The molecule has 0 bridgehead atoms. The summed E-state index contributed by atoms with van der Waals surface area (Å²) in [5.74, 6) is 2.48. The standard InChI is InChI=1S/C18H18N2O3/c1-3-21-15-8-10-16(11-9-15)22-12-17-19-20-18(23-17)14-6-4-13(2)5-7-14/h4-11H,3,12H2,1-2H3. The molecule has 5 nitrogen and oxygen atoms in total. The lowest BCUT2D eigenvalue weighted by Gasteiger charge is -2.05. The molecule has 0 atom stereocenters. The van der Waals surface area contributed by atoms with E-state index in [-0.39, 0.29) is 6.61 Å². The summed E-state index contributed by atoms with van der Waals surface area (Å²) in [6.07, 6.45) is 0. The highest BCUT2D eigenvalue weighted by molar-refractivity contribution is 5.52. The molecule has 0 N–H and O–H groups in total. The van der Waals surface area contributed by atoms with Crippen LogP contribution in [-0.4, -0.2) is 16.8 Å². The molecule has 1 aromatic heterocycles. The molecule has 0 spiro atoms. The predicted molar refractivity (Wildman–Crippen MR) is 86.4 cm³/mol. The van der Waals surface area contributed by atoms with Crippen molar-refractivity contribution in [3.63, 3.8) is 0 Å². The first-order valence-corrected chi connectivity index (χ1v) is 7.49. The zero-order valence-corrected chi connectivity index (χ0v) is 13.2. The minimum absolute atomic E-state index is 0.229. The summed E-state index contributed by atoms with van der Waals surface area (Å²) < 4.78 is 16.7. The van der Waals surface area contributed by atoms with E-state index in [1.807, 2.05) is 62.4 Å². The van der Waals surface area contributed by atoms with Gasteiger partial charge in [0, 0.05) is 5.56 Å². The molecule has 23 heavy (non-hydrogen) atoms. The number of ether oxygens (including phenoxy) is 2. The maximum absolute atomic E-state index is 5.64. The molecule has 3 rings (SSSR count). The second-order valence-corrected chi connectivity index (χ2v) is 5.06. The van der Waals surface area contributed by atoms with Crippen molar-refractivity contribution in [2.45, 2.75) is 20.5 Å². The van der Waals surface area contributed by atoms with Crippen molar-refractivity contribution in [1.29, 1.82) is 0 Å². The molecule has 0 aliphatic heterocycles. The van der Waals surface area contributed by atoms with E-state index >= 15 is 0 Å². The molecule has 0 unspecified atom stereocenters. The van der Waals surface area contributed by atoms with Gasteiger partial charge < -0.3 is 13.9 Å². The Morgan fingerprint density at radius 3 is 2.17 bits per heavy atom. The fraction of sp³-hybridized carbons (Fsp3) is 0.222. The average molecular weight is 310 g/mol. The van der Waals surface area contributed by atoms with Crippen LogP contribution in [0.1, 0.15) is 18.4 Å². The second kappa shape index (κ2) is 6.96. The molecule has 0 fully saturated rings. The SMILES string of the molecule is CCOc1ccc(OCc2nnc(-c3ccc(C)cc3)o2)cc1. The monoisotopic (exact) mass is 310 g/mol. The third kappa shape index (κ3) is 3.88. The Morgan fingerprint density at radius 1 is 0.870 bits per heavy atom. The van der Waals surface area contributed by atoms with Crippen LogP contribution in [0, 0.1) is 6.92 Å². The Balaban J connectivity index is 1.61. The molecule has 5 heteroatoms. The van der Waals surface area contributed by atoms with Gasteiger partial charge in [-0.1, -0.05) is 17.7 Å². The van der Waals surface area contributed by atoms with E-state index in [1.54, 1.807) is 0 Å². The Morgan fingerprint density at radius 2 is 1.52 bits per heavy atom. The van der Waals surface area contributed by atoms with E-state index in [9.17, 15) is 0 Å². The van der Waals surface area contributed by atoms with Crippen molar-refractivity contribution in [3.05, 3.63) is 60.0 Å². The summed E-state index contributed by atoms with van der Waals surface area (Å²) in [6, 6.07) is 15.4. The summed E-state index contributed by atoms with van der Waals surface area (Å²) in [6.45, 7) is 4.86. The molecule has 0 amide bonds. The smallest absolute Gasteiger partial charge is 0.254 e. The van der Waals surface area contributed by atoms with E-state index in [0.29, 0.717) is 18.4 Å². The minimum Gasteiger partial charge on any atom is -0.494 e. The van der Waals surface area contributed by atoms with E-state index in [0.717, 1.165) is 17.1 Å². The van der Waals surface area contributed by atoms with Crippen molar-refractivity contribution in [3.8, 4) is 23.0 Å². The highest BCUT2D eigenvalue weighted by Crippen LogP contribution is 2.21. The number of aromatic nitrogens is 2. The van der Waals surface area contributed by atoms with Gasteiger partial charge in [-0.2, -0.15) is 0 Å². The average Bonchev–Trinajstić information content (AvgIpc) is 3.04. The number of rotatable bonds is 6. The van der Waals surface area contributed by atoms with Gasteiger partial charge in [0.1, 0.15) is 11.5 Å². The Labute approximate surface area is 134 Å². The highest BCUT2D eigenvalue weighted by Gasteiger charge is 2.09. The third-order valence-corrected chi connectivity index (χ3v) is 3.26. The van der Waals surface area contributed by atoms with Gasteiger partial charge in [-0.25, -0.2) is 0 Å². The summed E-state index contributed by atoms with van der Waals surface area (Å²) in [4.78, 5) is 0. The van der Waals surface area contributed by atoms with Gasteiger partial charge in [0.05, 0.1) is 6.61 Å². The molecule has 3 aromatic rings. The first-order chi connectivity index (χ1) is 11.2. The van der Waals surface area contributed by atoms with E-state index in [4.69, 9.17) is 13.9 Å². The van der Waals surface area contributed by atoms with Crippen LogP contribution in [-0.2, 0) is 6.61 Å². The van der Waals surface area contributed by atoms with E-state index < -0.39 is 0 Å². The molecular weight excluding hydrogens is 292 g/mol. The molecular formula is C18H18N2O3. The van der Waals surface area contributed by atoms with Crippen LogP contribution in [0.2, 0.25) is 0 Å². The van der Waals surface area contributed by atoms with Crippen molar-refractivity contribution >= 4 is 0 Å². The Kier molecular flexibility index (Phi) is 4.57. The Hall–Kier alpha value is -2.82. The fourth-order valence-corrected chi connectivity index (χ4v) is 2.07. The third-order valence-electron chi connectivity index (χ3n) is 3.26. The summed E-state index contributed by atoms with van der Waals surface area (Å²) in [5.41, 5.74) is 2.09. The lowest BCUT2D eigenvalue weighted by molar-refractivity contribution is 0.264. The Bertz CT molecular complexity index is 749. The van der Waals surface area contributed by atoms with Gasteiger partial charge in [-0.05, 0) is 50.2 Å². The molecule has 118 valence electrons. The van der Waals surface area contributed by atoms with Crippen molar-refractivity contribution < 1.29 is 13.9 Å². The van der Waals surface area contributed by atoms with E-state index in [2.05, 4.69) is 10.2 Å². The largest absolute Gasteiger partial charge is 0.494 e. The van der Waals surface area contributed by atoms with Gasteiger partial charge in [0.15, 0.2) is 6.61 Å². The summed E-state index contributed by atoms with van der Waals surface area (Å²) in [7, 11) is 0. The van der Waals surface area contributed by atoms with Crippen LogP contribution in [0.5, 0.6) is 11.5 Å². The molecule has 0 aliphatic rings. The molecule has 0 saturated heterocycles. The first-order valence-electron chi connectivity index (χ1n) is 7.49. The number of benzene rings is 2. The molecule has 0 saturated carbocycles. The van der Waals surface area contributed by atoms with Crippen LogP contribution in [0.25, 0.3) is 11.5 Å². The van der Waals surface area contributed by atoms with Crippen LogP contribution in [0.3, 0.4) is 0 Å². The zero-order valence-electron chi connectivity index (χ0n) is 13.2. The van der Waals surface area contributed by atoms with Crippen molar-refractivity contribution in [2.75, 3.05) is 6.61 Å². The van der Waals surface area contributed by atoms with Gasteiger partial charge >= 0.3 is 0 Å². The molecule has 2 aromatic carbocycles. The van der Waals surface area contributed by atoms with Crippen LogP contribution in [0.15, 0.2) is 52.9 Å². The maximum atomic E-state index is 5.64. The minimum atomic E-state index is 0.229. The van der Waals surface area contributed by atoms with Crippen LogP contribution in [0.4, 0.5) is 0 Å². The van der Waals surface area contributed by atoms with Gasteiger partial charge in [-0.3, -0.25) is 0 Å². The molecule has 0 radical (unpaired) electrons. The van der Waals surface area contributed by atoms with Crippen molar-refractivity contribution in [1.82, 2.24) is 10.2 Å². The summed E-state index contributed by atoms with van der Waals surface area (Å²) >= 11 is 0. The molecule has 1 heterocycles. The van der Waals surface area contributed by atoms with Gasteiger partial charge in [0.2, 0.25) is 5.89 Å². The number of aryl methyl sites for hydroxylation is 1. The van der Waals surface area contributed by atoms with Crippen LogP contribution < -0.4 is 9.47 Å². The van der Waals surface area contributed by atoms with Crippen molar-refractivity contribution in [2.24, 2.45) is 0 Å². The number of nitrogens with zero attached hydrogens (tertiary/aromatic N) is 2.